The van der Waals surface area contributed by atoms with Crippen LogP contribution in [0.2, 0.25) is 0 Å². The van der Waals surface area contributed by atoms with Gasteiger partial charge in [-0.05, 0) is 29.7 Å². The molecule has 1 saturated heterocycles. The Bertz CT molecular complexity index is 1020. The molecule has 3 heterocycles. The molecule has 0 aliphatic carbocycles. The predicted octanol–water partition coefficient (Wildman–Crippen LogP) is 2.56. The molecule has 1 aromatic carbocycles. The van der Waals surface area contributed by atoms with E-state index >= 15 is 0 Å². The van der Waals surface area contributed by atoms with E-state index in [4.69, 9.17) is 4.42 Å². The second-order valence-corrected chi connectivity index (χ2v) is 7.46. The van der Waals surface area contributed by atoms with Gasteiger partial charge in [-0.3, -0.25) is 9.78 Å². The Labute approximate surface area is 156 Å². The van der Waals surface area contributed by atoms with E-state index in [9.17, 15) is 9.59 Å². The van der Waals surface area contributed by atoms with Crippen molar-refractivity contribution < 1.29 is 9.21 Å². The molecule has 1 aliphatic heterocycles. The molecule has 7 heteroatoms. The van der Waals surface area contributed by atoms with Gasteiger partial charge in [0.1, 0.15) is 12.2 Å². The Morgan fingerprint density at radius 1 is 1.19 bits per heavy atom. The van der Waals surface area contributed by atoms with Gasteiger partial charge in [-0.1, -0.05) is 38.1 Å². The molecule has 0 unspecified atom stereocenters. The van der Waals surface area contributed by atoms with Gasteiger partial charge in [0, 0.05) is 24.7 Å². The Kier molecular flexibility index (Phi) is 4.51. The molecule has 0 N–H and O–H groups in total. The molecular formula is C20H22N4O3. The maximum Gasteiger partial charge on any atom is 0.437 e. The van der Waals surface area contributed by atoms with Gasteiger partial charge in [0.2, 0.25) is 5.91 Å². The van der Waals surface area contributed by atoms with Gasteiger partial charge in [0.05, 0.1) is 0 Å². The summed E-state index contributed by atoms with van der Waals surface area (Å²) in [4.78, 5) is 31.0. The fourth-order valence-corrected chi connectivity index (χ4v) is 3.89. The van der Waals surface area contributed by atoms with Crippen LogP contribution in [0, 0.1) is 11.8 Å². The molecule has 7 nitrogen and oxygen atoms in total. The topological polar surface area (TPSA) is 81.2 Å². The Morgan fingerprint density at radius 2 is 1.93 bits per heavy atom. The van der Waals surface area contributed by atoms with Crippen LogP contribution in [0.5, 0.6) is 0 Å². The second kappa shape index (κ2) is 6.98. The third-order valence-corrected chi connectivity index (χ3v) is 4.99. The summed E-state index contributed by atoms with van der Waals surface area (Å²) in [6.07, 6.45) is 2.77. The SMILES string of the molecule is C[C@@H]1C[C@@H](C)CN(C(=O)Cn2nc(-c3nccc4ccccc34)oc2=O)C1. The van der Waals surface area contributed by atoms with Crippen molar-refractivity contribution in [3.05, 3.63) is 47.1 Å². The molecule has 0 saturated carbocycles. The normalized spacial score (nSPS) is 20.1. The third-order valence-electron chi connectivity index (χ3n) is 4.99. The lowest BCUT2D eigenvalue weighted by Gasteiger charge is -2.34. The molecule has 140 valence electrons. The highest BCUT2D eigenvalue weighted by Crippen LogP contribution is 2.24. The number of hydrogen-bond acceptors (Lipinski definition) is 5. The number of hydrogen-bond donors (Lipinski definition) is 0. The van der Waals surface area contributed by atoms with Gasteiger partial charge in [0.25, 0.3) is 5.89 Å². The maximum absolute atomic E-state index is 12.6. The van der Waals surface area contributed by atoms with Crippen molar-refractivity contribution in [2.24, 2.45) is 11.8 Å². The van der Waals surface area contributed by atoms with Crippen molar-refractivity contribution in [1.29, 1.82) is 0 Å². The van der Waals surface area contributed by atoms with Crippen LogP contribution in [-0.4, -0.2) is 38.7 Å². The van der Waals surface area contributed by atoms with E-state index < -0.39 is 5.76 Å². The van der Waals surface area contributed by atoms with Gasteiger partial charge < -0.3 is 9.32 Å². The van der Waals surface area contributed by atoms with Crippen molar-refractivity contribution in [3.63, 3.8) is 0 Å². The number of aromatic nitrogens is 3. The van der Waals surface area contributed by atoms with Gasteiger partial charge in [-0.25, -0.2) is 4.79 Å². The van der Waals surface area contributed by atoms with Crippen molar-refractivity contribution >= 4 is 16.7 Å². The van der Waals surface area contributed by atoms with Crippen LogP contribution in [0.15, 0.2) is 45.7 Å². The molecule has 0 bridgehead atoms. The zero-order valence-electron chi connectivity index (χ0n) is 15.5. The number of fused-ring (bicyclic) bond motifs is 1. The summed E-state index contributed by atoms with van der Waals surface area (Å²) in [5.41, 5.74) is 0.497. The number of carbonyl (C=O) groups excluding carboxylic acids is 1. The van der Waals surface area contributed by atoms with E-state index in [2.05, 4.69) is 23.9 Å². The molecule has 1 aliphatic rings. The zero-order valence-corrected chi connectivity index (χ0v) is 15.5. The highest BCUT2D eigenvalue weighted by atomic mass is 16.4. The second-order valence-electron chi connectivity index (χ2n) is 7.46. The standard InChI is InChI=1S/C20H22N4O3/c1-13-9-14(2)11-23(10-13)17(25)12-24-20(26)27-19(22-24)18-16-6-4-3-5-15(16)7-8-21-18/h3-8,13-14H,9-12H2,1-2H3/t13-,14-/m1/s1. The number of piperidine rings is 1. The first-order chi connectivity index (χ1) is 13.0. The van der Waals surface area contributed by atoms with Crippen LogP contribution in [0.25, 0.3) is 22.4 Å². The summed E-state index contributed by atoms with van der Waals surface area (Å²) in [6.45, 7) is 5.60. The average molecular weight is 366 g/mol. The monoisotopic (exact) mass is 366 g/mol. The number of likely N-dealkylation sites (tertiary alicyclic amines) is 1. The number of nitrogens with zero attached hydrogens (tertiary/aromatic N) is 4. The Balaban J connectivity index is 1.60. The Morgan fingerprint density at radius 3 is 2.70 bits per heavy atom. The summed E-state index contributed by atoms with van der Waals surface area (Å²) in [6, 6.07) is 9.57. The van der Waals surface area contributed by atoms with Gasteiger partial charge >= 0.3 is 5.76 Å². The fraction of sp³-hybridized carbons (Fsp3) is 0.400. The maximum atomic E-state index is 12.6. The average Bonchev–Trinajstić information content (AvgIpc) is 3.00. The lowest BCUT2D eigenvalue weighted by molar-refractivity contribution is -0.134. The van der Waals surface area contributed by atoms with Crippen molar-refractivity contribution in [2.75, 3.05) is 13.1 Å². The molecule has 1 amide bonds. The lowest BCUT2D eigenvalue weighted by atomic mass is 9.92. The van der Waals surface area contributed by atoms with E-state index in [-0.39, 0.29) is 18.3 Å². The van der Waals surface area contributed by atoms with Crippen LogP contribution < -0.4 is 5.76 Å². The number of carbonyl (C=O) groups is 1. The van der Waals surface area contributed by atoms with E-state index in [1.54, 1.807) is 6.20 Å². The number of benzene rings is 1. The highest BCUT2D eigenvalue weighted by Gasteiger charge is 2.26. The van der Waals surface area contributed by atoms with Gasteiger partial charge in [0.15, 0.2) is 0 Å². The quantitative estimate of drug-likeness (QED) is 0.712. The van der Waals surface area contributed by atoms with Crippen molar-refractivity contribution in [3.8, 4) is 11.6 Å². The Hall–Kier alpha value is -2.96. The number of rotatable bonds is 3. The molecular weight excluding hydrogens is 344 g/mol. The van der Waals surface area contributed by atoms with Crippen molar-refractivity contribution in [1.82, 2.24) is 19.7 Å². The lowest BCUT2D eigenvalue weighted by Crippen LogP contribution is -2.44. The largest absolute Gasteiger partial charge is 0.437 e. The van der Waals surface area contributed by atoms with Crippen LogP contribution in [0.4, 0.5) is 0 Å². The van der Waals surface area contributed by atoms with Crippen LogP contribution in [-0.2, 0) is 11.3 Å². The summed E-state index contributed by atoms with van der Waals surface area (Å²) in [5.74, 6) is 0.293. The molecule has 27 heavy (non-hydrogen) atoms. The molecule has 2 aromatic heterocycles. The molecule has 2 atom stereocenters. The van der Waals surface area contributed by atoms with E-state index in [1.807, 2.05) is 35.2 Å². The van der Waals surface area contributed by atoms with Crippen LogP contribution >= 0.6 is 0 Å². The molecule has 0 spiro atoms. The van der Waals surface area contributed by atoms with E-state index in [0.29, 0.717) is 30.6 Å². The minimum Gasteiger partial charge on any atom is -0.386 e. The molecule has 0 radical (unpaired) electrons. The minimum absolute atomic E-state index is 0.110. The van der Waals surface area contributed by atoms with Crippen LogP contribution in [0.3, 0.4) is 0 Å². The summed E-state index contributed by atoms with van der Waals surface area (Å²) in [7, 11) is 0. The summed E-state index contributed by atoms with van der Waals surface area (Å²) < 4.78 is 6.39. The summed E-state index contributed by atoms with van der Waals surface area (Å²) >= 11 is 0. The zero-order chi connectivity index (χ0) is 19.0. The van der Waals surface area contributed by atoms with E-state index in [0.717, 1.165) is 21.9 Å². The number of amides is 1. The van der Waals surface area contributed by atoms with Crippen LogP contribution in [0.1, 0.15) is 20.3 Å². The number of pyridine rings is 1. The van der Waals surface area contributed by atoms with Crippen molar-refractivity contribution in [2.45, 2.75) is 26.8 Å². The predicted molar refractivity (Wildman–Crippen MR) is 101 cm³/mol. The molecule has 3 aromatic rings. The summed E-state index contributed by atoms with van der Waals surface area (Å²) in [5, 5.41) is 6.06. The first kappa shape index (κ1) is 17.5. The third kappa shape index (κ3) is 3.49. The van der Waals surface area contributed by atoms with Gasteiger partial charge in [-0.2, -0.15) is 4.68 Å². The highest BCUT2D eigenvalue weighted by molar-refractivity contribution is 5.92. The first-order valence-electron chi connectivity index (χ1n) is 9.21. The fourth-order valence-electron chi connectivity index (χ4n) is 3.89. The van der Waals surface area contributed by atoms with E-state index in [1.165, 1.54) is 0 Å². The first-order valence-corrected chi connectivity index (χ1v) is 9.21. The minimum atomic E-state index is -0.647. The molecule has 1 fully saturated rings. The smallest absolute Gasteiger partial charge is 0.386 e. The molecule has 4 rings (SSSR count). The van der Waals surface area contributed by atoms with Gasteiger partial charge in [-0.15, -0.1) is 5.10 Å².